The van der Waals surface area contributed by atoms with Crippen molar-refractivity contribution in [1.29, 1.82) is 0 Å². The van der Waals surface area contributed by atoms with Gasteiger partial charge in [-0.2, -0.15) is 0 Å². The van der Waals surface area contributed by atoms with Crippen LogP contribution in [0.5, 0.6) is 0 Å². The van der Waals surface area contributed by atoms with Gasteiger partial charge < -0.3 is 15.3 Å². The fraction of sp³-hybridized carbons (Fsp3) is 0.857. The number of carbonyl (C=O) groups excluding carboxylic acids is 1. The van der Waals surface area contributed by atoms with E-state index in [0.29, 0.717) is 18.5 Å². The van der Waals surface area contributed by atoms with Gasteiger partial charge >= 0.3 is 12.0 Å². The van der Waals surface area contributed by atoms with Gasteiger partial charge in [0, 0.05) is 13.1 Å². The Labute approximate surface area is 115 Å². The van der Waals surface area contributed by atoms with Gasteiger partial charge in [0.2, 0.25) is 0 Å². The van der Waals surface area contributed by atoms with Crippen molar-refractivity contribution in [3.63, 3.8) is 0 Å². The van der Waals surface area contributed by atoms with Crippen LogP contribution in [-0.2, 0) is 4.79 Å². The first kappa shape index (κ1) is 15.8. The van der Waals surface area contributed by atoms with Crippen LogP contribution in [0, 0.1) is 11.3 Å². The van der Waals surface area contributed by atoms with Crippen LogP contribution in [0.3, 0.4) is 0 Å². The Balaban J connectivity index is 2.54. The monoisotopic (exact) mass is 270 g/mol. The largest absolute Gasteiger partial charge is 0.480 e. The summed E-state index contributed by atoms with van der Waals surface area (Å²) in [5, 5.41) is 11.7. The number of aliphatic carboxylic acids is 1. The van der Waals surface area contributed by atoms with Gasteiger partial charge in [0.05, 0.1) is 0 Å². The molecule has 19 heavy (non-hydrogen) atoms. The third-order valence-corrected chi connectivity index (χ3v) is 4.32. The molecule has 1 fully saturated rings. The highest BCUT2D eigenvalue weighted by atomic mass is 16.4. The van der Waals surface area contributed by atoms with Gasteiger partial charge in [-0.05, 0) is 24.2 Å². The van der Waals surface area contributed by atoms with E-state index < -0.39 is 12.0 Å². The number of piperidine rings is 1. The number of hydrogen-bond donors (Lipinski definition) is 2. The van der Waals surface area contributed by atoms with E-state index in [2.05, 4.69) is 19.2 Å². The lowest BCUT2D eigenvalue weighted by molar-refractivity contribution is -0.140. The highest BCUT2D eigenvalue weighted by molar-refractivity contribution is 5.82. The number of likely N-dealkylation sites (tertiary alicyclic amines) is 1. The van der Waals surface area contributed by atoms with Crippen molar-refractivity contribution in [2.75, 3.05) is 13.1 Å². The van der Waals surface area contributed by atoms with Crippen LogP contribution in [0.25, 0.3) is 0 Å². The third kappa shape index (κ3) is 4.11. The van der Waals surface area contributed by atoms with Crippen molar-refractivity contribution >= 4 is 12.0 Å². The molecular formula is C14H26N2O3. The SMILES string of the molecule is CCC1(C)CCN(C(=O)N[C@@H](C(=O)O)C(C)C)CC1. The number of carboxylic acid groups (broad SMARTS) is 1. The molecule has 0 aromatic carbocycles. The smallest absolute Gasteiger partial charge is 0.326 e. The molecule has 0 spiro atoms. The maximum absolute atomic E-state index is 12.1. The minimum absolute atomic E-state index is 0.118. The van der Waals surface area contributed by atoms with Crippen LogP contribution in [-0.4, -0.2) is 41.1 Å². The molecular weight excluding hydrogens is 244 g/mol. The van der Waals surface area contributed by atoms with E-state index in [1.807, 2.05) is 0 Å². The van der Waals surface area contributed by atoms with Crippen molar-refractivity contribution in [3.05, 3.63) is 0 Å². The van der Waals surface area contributed by atoms with Crippen LogP contribution < -0.4 is 5.32 Å². The van der Waals surface area contributed by atoms with Gasteiger partial charge in [0.25, 0.3) is 0 Å². The summed E-state index contributed by atoms with van der Waals surface area (Å²) in [4.78, 5) is 24.9. The number of rotatable bonds is 4. The Morgan fingerprint density at radius 3 is 2.21 bits per heavy atom. The molecule has 0 aromatic heterocycles. The molecule has 0 radical (unpaired) electrons. The van der Waals surface area contributed by atoms with Gasteiger partial charge in [-0.3, -0.25) is 0 Å². The Kier molecular flexibility index (Phi) is 5.20. The van der Waals surface area contributed by atoms with Gasteiger partial charge in [0.15, 0.2) is 0 Å². The molecule has 5 nitrogen and oxygen atoms in total. The van der Waals surface area contributed by atoms with E-state index >= 15 is 0 Å². The average molecular weight is 270 g/mol. The molecule has 1 heterocycles. The summed E-state index contributed by atoms with van der Waals surface area (Å²) in [6.45, 7) is 9.43. The van der Waals surface area contributed by atoms with E-state index in [1.54, 1.807) is 18.7 Å². The first-order chi connectivity index (χ1) is 8.79. The van der Waals surface area contributed by atoms with E-state index in [9.17, 15) is 9.59 Å². The second-order valence-corrected chi connectivity index (χ2v) is 6.16. The zero-order chi connectivity index (χ0) is 14.6. The Morgan fingerprint density at radius 2 is 1.84 bits per heavy atom. The van der Waals surface area contributed by atoms with Crippen molar-refractivity contribution in [2.24, 2.45) is 11.3 Å². The van der Waals surface area contributed by atoms with Crippen molar-refractivity contribution in [2.45, 2.75) is 53.0 Å². The third-order valence-electron chi connectivity index (χ3n) is 4.32. The topological polar surface area (TPSA) is 69.6 Å². The van der Waals surface area contributed by atoms with E-state index in [1.165, 1.54) is 0 Å². The van der Waals surface area contributed by atoms with Crippen LogP contribution in [0.15, 0.2) is 0 Å². The average Bonchev–Trinajstić information content (AvgIpc) is 2.35. The van der Waals surface area contributed by atoms with Gasteiger partial charge in [-0.25, -0.2) is 9.59 Å². The maximum Gasteiger partial charge on any atom is 0.326 e. The lowest BCUT2D eigenvalue weighted by Gasteiger charge is -2.39. The Morgan fingerprint density at radius 1 is 1.32 bits per heavy atom. The molecule has 2 amide bonds. The molecule has 0 aliphatic carbocycles. The van der Waals surface area contributed by atoms with Crippen molar-refractivity contribution in [1.82, 2.24) is 10.2 Å². The Hall–Kier alpha value is -1.26. The summed E-state index contributed by atoms with van der Waals surface area (Å²) in [6, 6.07) is -1.06. The van der Waals surface area contributed by atoms with Crippen LogP contribution in [0.1, 0.15) is 47.0 Å². The summed E-state index contributed by atoms with van der Waals surface area (Å²) < 4.78 is 0. The van der Waals surface area contributed by atoms with E-state index in [4.69, 9.17) is 5.11 Å². The minimum Gasteiger partial charge on any atom is -0.480 e. The highest BCUT2D eigenvalue weighted by Gasteiger charge is 2.32. The molecule has 0 unspecified atom stereocenters. The summed E-state index contributed by atoms with van der Waals surface area (Å²) in [5.41, 5.74) is 0.320. The van der Waals surface area contributed by atoms with Gasteiger partial charge in [-0.1, -0.05) is 34.1 Å². The fourth-order valence-electron chi connectivity index (χ4n) is 2.34. The number of carbonyl (C=O) groups is 2. The summed E-state index contributed by atoms with van der Waals surface area (Å²) >= 11 is 0. The van der Waals surface area contributed by atoms with Crippen LogP contribution in [0.2, 0.25) is 0 Å². The van der Waals surface area contributed by atoms with Crippen molar-refractivity contribution < 1.29 is 14.7 Å². The quantitative estimate of drug-likeness (QED) is 0.823. The molecule has 1 atom stereocenters. The number of amides is 2. The minimum atomic E-state index is -0.973. The van der Waals surface area contributed by atoms with Gasteiger partial charge in [-0.15, -0.1) is 0 Å². The highest BCUT2D eigenvalue weighted by Crippen LogP contribution is 2.33. The zero-order valence-electron chi connectivity index (χ0n) is 12.4. The van der Waals surface area contributed by atoms with E-state index in [-0.39, 0.29) is 11.9 Å². The number of hydrogen-bond acceptors (Lipinski definition) is 2. The molecule has 5 heteroatoms. The van der Waals surface area contributed by atoms with Crippen LogP contribution in [0.4, 0.5) is 4.79 Å². The lowest BCUT2D eigenvalue weighted by atomic mass is 9.78. The second kappa shape index (κ2) is 6.26. The second-order valence-electron chi connectivity index (χ2n) is 6.16. The number of nitrogens with one attached hydrogen (secondary N) is 1. The molecule has 1 aliphatic heterocycles. The predicted octanol–water partition coefficient (Wildman–Crippen LogP) is 2.32. The molecule has 110 valence electrons. The zero-order valence-corrected chi connectivity index (χ0v) is 12.4. The fourth-order valence-corrected chi connectivity index (χ4v) is 2.34. The van der Waals surface area contributed by atoms with Crippen molar-refractivity contribution in [3.8, 4) is 0 Å². The molecule has 0 bridgehead atoms. The van der Waals surface area contributed by atoms with E-state index in [0.717, 1.165) is 19.3 Å². The number of urea groups is 1. The molecule has 1 saturated heterocycles. The predicted molar refractivity (Wildman–Crippen MR) is 74.0 cm³/mol. The molecule has 1 aliphatic rings. The summed E-state index contributed by atoms with van der Waals surface area (Å²) in [7, 11) is 0. The Bertz CT molecular complexity index is 334. The molecule has 1 rings (SSSR count). The first-order valence-corrected chi connectivity index (χ1v) is 7.07. The normalized spacial score (nSPS) is 20.2. The van der Waals surface area contributed by atoms with Crippen LogP contribution >= 0.6 is 0 Å². The first-order valence-electron chi connectivity index (χ1n) is 7.07. The lowest BCUT2D eigenvalue weighted by Crippen LogP contribution is -2.52. The van der Waals surface area contributed by atoms with Gasteiger partial charge in [0.1, 0.15) is 6.04 Å². The maximum atomic E-state index is 12.1. The molecule has 0 aromatic rings. The standard InChI is InChI=1S/C14H26N2O3/c1-5-14(4)6-8-16(9-7-14)13(19)15-11(10(2)3)12(17)18/h10-11H,5-9H2,1-4H3,(H,15,19)(H,17,18)/t11-/m1/s1. The summed E-state index contributed by atoms with van der Waals surface area (Å²) in [5.74, 6) is -1.09. The molecule has 0 saturated carbocycles. The summed E-state index contributed by atoms with van der Waals surface area (Å²) in [6.07, 6.45) is 3.08. The number of carboxylic acids is 1. The molecule has 2 N–H and O–H groups in total. The number of nitrogens with zero attached hydrogens (tertiary/aromatic N) is 1.